The average Bonchev–Trinajstić information content (AvgIpc) is 3.26. The molecule has 0 radical (unpaired) electrons. The van der Waals surface area contributed by atoms with Crippen LogP contribution in [0.25, 0.3) is 0 Å². The van der Waals surface area contributed by atoms with Crippen molar-refractivity contribution < 1.29 is 28.5 Å². The molecule has 6 heteroatoms. The Labute approximate surface area is 222 Å². The van der Waals surface area contributed by atoms with Crippen molar-refractivity contribution in [2.75, 3.05) is 6.61 Å². The molecule has 2 heterocycles. The number of hydrogen-bond donors (Lipinski definition) is 0. The monoisotopic (exact) mass is 514 g/mol. The summed E-state index contributed by atoms with van der Waals surface area (Å²) in [6.45, 7) is 13.3. The molecule has 0 N–H and O–H groups in total. The number of esters is 2. The van der Waals surface area contributed by atoms with Crippen LogP contribution in [0.4, 0.5) is 0 Å². The Hall–Kier alpha value is -1.40. The second-order valence-electron chi connectivity index (χ2n) is 13.9. The molecule has 12 atom stereocenters. The van der Waals surface area contributed by atoms with Gasteiger partial charge in [0, 0.05) is 44.4 Å². The third-order valence-electron chi connectivity index (χ3n) is 12.0. The first kappa shape index (κ1) is 25.9. The lowest BCUT2D eigenvalue weighted by Gasteiger charge is -2.60. The van der Waals surface area contributed by atoms with Crippen LogP contribution in [0.5, 0.6) is 0 Å². The fraction of sp³-hybridized carbons (Fsp3) is 0.871. The Morgan fingerprint density at radius 3 is 2.43 bits per heavy atom. The Kier molecular flexibility index (Phi) is 6.15. The van der Waals surface area contributed by atoms with E-state index in [0.717, 1.165) is 38.7 Å². The van der Waals surface area contributed by atoms with Gasteiger partial charge in [0.25, 0.3) is 0 Å². The summed E-state index contributed by atoms with van der Waals surface area (Å²) in [7, 11) is 0. The summed E-state index contributed by atoms with van der Waals surface area (Å²) in [5.41, 5.74) is 1.36. The average molecular weight is 515 g/mol. The van der Waals surface area contributed by atoms with Crippen molar-refractivity contribution in [3.63, 3.8) is 0 Å². The van der Waals surface area contributed by atoms with E-state index >= 15 is 0 Å². The first-order valence-corrected chi connectivity index (χ1v) is 14.8. The zero-order chi connectivity index (χ0) is 26.3. The molecule has 0 bridgehead atoms. The number of ether oxygens (including phenoxy) is 4. The van der Waals surface area contributed by atoms with Crippen LogP contribution >= 0.6 is 0 Å². The molecule has 4 aliphatic carbocycles. The van der Waals surface area contributed by atoms with Crippen molar-refractivity contribution in [1.82, 2.24) is 0 Å². The third kappa shape index (κ3) is 3.78. The van der Waals surface area contributed by atoms with E-state index in [1.807, 2.05) is 0 Å². The fourth-order valence-electron chi connectivity index (χ4n) is 10.4. The molecule has 6 aliphatic rings. The highest BCUT2D eigenvalue weighted by Crippen LogP contribution is 2.70. The number of carbonyl (C=O) groups excluding carboxylic acids is 2. The molecule has 0 aromatic heterocycles. The summed E-state index contributed by atoms with van der Waals surface area (Å²) in [5, 5.41) is 0. The Balaban J connectivity index is 1.28. The summed E-state index contributed by atoms with van der Waals surface area (Å²) < 4.78 is 25.1. The molecule has 2 aliphatic heterocycles. The largest absolute Gasteiger partial charge is 0.462 e. The van der Waals surface area contributed by atoms with E-state index in [0.29, 0.717) is 41.9 Å². The summed E-state index contributed by atoms with van der Waals surface area (Å²) in [6.07, 6.45) is 10.3. The standard InChI is InChI=1S/C31H46O6/c1-17-9-12-31(34-16-17)18(2)28-26(37-31)15-25-23-8-7-21-13-22(35-19(3)32)14-27(36-20(4)33)30(21,6)24(23)10-11-29(25,28)5/h7,17-18,22-28H,8-16H2,1-6H3/t17?,18-,22+,23+,24-,25-,26-,27+,28-,29-,30-,31?/m0/s1. The van der Waals surface area contributed by atoms with Gasteiger partial charge in [-0.25, -0.2) is 0 Å². The number of allylic oxidation sites excluding steroid dienone is 1. The highest BCUT2D eigenvalue weighted by Gasteiger charge is 2.69. The SMILES string of the molecule is CC(=O)O[C@@H]1CC2=CC[C@H]3[C@@H]4C[C@@H]5OC6(CCC(C)CO6)[C@@H](C)[C@@H]5[C@@]4(C)CC[C@@H]3[C@@]2(C)[C@H](OC(C)=O)C1. The second-order valence-corrected chi connectivity index (χ2v) is 13.9. The Morgan fingerprint density at radius 1 is 1.00 bits per heavy atom. The molecule has 3 saturated carbocycles. The number of fused-ring (bicyclic) bond motifs is 7. The van der Waals surface area contributed by atoms with Gasteiger partial charge in [-0.3, -0.25) is 9.59 Å². The van der Waals surface area contributed by atoms with Gasteiger partial charge < -0.3 is 18.9 Å². The maximum absolute atomic E-state index is 12.2. The highest BCUT2D eigenvalue weighted by atomic mass is 16.7. The van der Waals surface area contributed by atoms with E-state index in [1.54, 1.807) is 0 Å². The maximum Gasteiger partial charge on any atom is 0.302 e. The van der Waals surface area contributed by atoms with Crippen LogP contribution in [0, 0.1) is 46.3 Å². The minimum absolute atomic E-state index is 0.208. The van der Waals surface area contributed by atoms with Gasteiger partial charge in [0.05, 0.1) is 12.7 Å². The molecular weight excluding hydrogens is 468 g/mol. The molecular formula is C31H46O6. The van der Waals surface area contributed by atoms with E-state index in [9.17, 15) is 9.59 Å². The van der Waals surface area contributed by atoms with E-state index in [-0.39, 0.29) is 46.9 Å². The van der Waals surface area contributed by atoms with Gasteiger partial charge in [-0.1, -0.05) is 39.3 Å². The van der Waals surface area contributed by atoms with Crippen LogP contribution in [-0.2, 0) is 28.5 Å². The van der Waals surface area contributed by atoms with Crippen molar-refractivity contribution >= 4 is 11.9 Å². The van der Waals surface area contributed by atoms with Crippen LogP contribution < -0.4 is 0 Å². The quantitative estimate of drug-likeness (QED) is 0.341. The summed E-state index contributed by atoms with van der Waals surface area (Å²) in [4.78, 5) is 24.0. The zero-order valence-electron chi connectivity index (χ0n) is 23.6. The molecule has 6 nitrogen and oxygen atoms in total. The first-order valence-electron chi connectivity index (χ1n) is 14.8. The van der Waals surface area contributed by atoms with Crippen molar-refractivity contribution in [2.45, 2.75) is 117 Å². The Morgan fingerprint density at radius 2 is 1.76 bits per heavy atom. The number of hydrogen-bond acceptors (Lipinski definition) is 6. The van der Waals surface area contributed by atoms with Gasteiger partial charge in [0.15, 0.2) is 5.79 Å². The first-order chi connectivity index (χ1) is 17.5. The Bertz CT molecular complexity index is 980. The molecule has 2 saturated heterocycles. The van der Waals surface area contributed by atoms with Crippen molar-refractivity contribution in [1.29, 1.82) is 0 Å². The normalized spacial score (nSPS) is 52.4. The summed E-state index contributed by atoms with van der Waals surface area (Å²) in [5.74, 6) is 2.29. The van der Waals surface area contributed by atoms with Crippen LogP contribution in [0.3, 0.4) is 0 Å². The minimum Gasteiger partial charge on any atom is -0.462 e. The fourth-order valence-corrected chi connectivity index (χ4v) is 10.4. The van der Waals surface area contributed by atoms with Crippen molar-refractivity contribution in [3.05, 3.63) is 11.6 Å². The van der Waals surface area contributed by atoms with Gasteiger partial charge in [0.2, 0.25) is 0 Å². The van der Waals surface area contributed by atoms with Crippen LogP contribution in [0.1, 0.15) is 92.9 Å². The zero-order valence-corrected chi connectivity index (χ0v) is 23.6. The van der Waals surface area contributed by atoms with E-state index in [2.05, 4.69) is 33.8 Å². The van der Waals surface area contributed by atoms with E-state index in [4.69, 9.17) is 18.9 Å². The minimum atomic E-state index is -0.381. The molecule has 206 valence electrons. The predicted molar refractivity (Wildman–Crippen MR) is 138 cm³/mol. The molecule has 0 amide bonds. The van der Waals surface area contributed by atoms with Gasteiger partial charge >= 0.3 is 11.9 Å². The van der Waals surface area contributed by atoms with E-state index < -0.39 is 0 Å². The lowest BCUT2D eigenvalue weighted by Crippen LogP contribution is -2.57. The smallest absolute Gasteiger partial charge is 0.302 e. The molecule has 5 fully saturated rings. The summed E-state index contributed by atoms with van der Waals surface area (Å²) >= 11 is 0. The molecule has 6 rings (SSSR count). The molecule has 0 aromatic rings. The molecule has 37 heavy (non-hydrogen) atoms. The van der Waals surface area contributed by atoms with Crippen LogP contribution in [-0.4, -0.2) is 42.6 Å². The van der Waals surface area contributed by atoms with Crippen molar-refractivity contribution in [2.24, 2.45) is 46.3 Å². The van der Waals surface area contributed by atoms with Gasteiger partial charge in [0.1, 0.15) is 12.2 Å². The van der Waals surface area contributed by atoms with Crippen molar-refractivity contribution in [3.8, 4) is 0 Å². The maximum atomic E-state index is 12.2. The highest BCUT2D eigenvalue weighted by molar-refractivity contribution is 5.67. The van der Waals surface area contributed by atoms with Gasteiger partial charge in [-0.05, 0) is 67.1 Å². The molecule has 2 unspecified atom stereocenters. The van der Waals surface area contributed by atoms with Gasteiger partial charge in [-0.15, -0.1) is 0 Å². The summed E-state index contributed by atoms with van der Waals surface area (Å²) in [6, 6.07) is 0. The molecule has 1 spiro atoms. The second kappa shape index (κ2) is 8.81. The number of rotatable bonds is 2. The molecule has 0 aromatic carbocycles. The predicted octanol–water partition coefficient (Wildman–Crippen LogP) is 5.83. The van der Waals surface area contributed by atoms with Crippen LogP contribution in [0.15, 0.2) is 11.6 Å². The lowest BCUT2D eigenvalue weighted by atomic mass is 9.46. The number of carbonyl (C=O) groups is 2. The topological polar surface area (TPSA) is 71.1 Å². The van der Waals surface area contributed by atoms with Crippen LogP contribution in [0.2, 0.25) is 0 Å². The van der Waals surface area contributed by atoms with E-state index in [1.165, 1.54) is 32.3 Å². The van der Waals surface area contributed by atoms with Gasteiger partial charge in [-0.2, -0.15) is 0 Å². The third-order valence-corrected chi connectivity index (χ3v) is 12.0. The lowest BCUT2D eigenvalue weighted by molar-refractivity contribution is -0.272.